The first-order valence-corrected chi connectivity index (χ1v) is 5.93. The van der Waals surface area contributed by atoms with E-state index in [4.69, 9.17) is 10.2 Å². The molecule has 100 valence electrons. The second-order valence-electron chi connectivity index (χ2n) is 3.94. The molecular formula is C11H22N2O4. The predicted molar refractivity (Wildman–Crippen MR) is 63.7 cm³/mol. The number of nitrogens with one attached hydrogen (secondary N) is 2. The SMILES string of the molecule is CCC(CC)CNC(=O)N[C@@H](CCO)C(=O)O. The molecule has 6 nitrogen and oxygen atoms in total. The highest BCUT2D eigenvalue weighted by atomic mass is 16.4. The van der Waals surface area contributed by atoms with Gasteiger partial charge in [-0.05, 0) is 5.92 Å². The minimum Gasteiger partial charge on any atom is -0.480 e. The van der Waals surface area contributed by atoms with E-state index in [1.165, 1.54) is 0 Å². The monoisotopic (exact) mass is 246 g/mol. The van der Waals surface area contributed by atoms with Gasteiger partial charge in [-0.2, -0.15) is 0 Å². The van der Waals surface area contributed by atoms with Crippen molar-refractivity contribution < 1.29 is 19.8 Å². The van der Waals surface area contributed by atoms with Crippen molar-refractivity contribution in [2.45, 2.75) is 39.2 Å². The molecule has 0 aliphatic heterocycles. The lowest BCUT2D eigenvalue weighted by Crippen LogP contribution is -2.47. The van der Waals surface area contributed by atoms with Crippen molar-refractivity contribution in [3.63, 3.8) is 0 Å². The van der Waals surface area contributed by atoms with Crippen LogP contribution >= 0.6 is 0 Å². The van der Waals surface area contributed by atoms with Gasteiger partial charge in [0.15, 0.2) is 0 Å². The first-order valence-electron chi connectivity index (χ1n) is 5.93. The molecule has 6 heteroatoms. The molecule has 0 fully saturated rings. The lowest BCUT2D eigenvalue weighted by molar-refractivity contribution is -0.139. The fourth-order valence-electron chi connectivity index (χ4n) is 1.41. The maximum absolute atomic E-state index is 11.4. The number of hydrogen-bond acceptors (Lipinski definition) is 3. The van der Waals surface area contributed by atoms with Gasteiger partial charge in [-0.1, -0.05) is 26.7 Å². The smallest absolute Gasteiger partial charge is 0.326 e. The number of carboxylic acids is 1. The van der Waals surface area contributed by atoms with Crippen LogP contribution in [-0.2, 0) is 4.79 Å². The van der Waals surface area contributed by atoms with Crippen LogP contribution in [0.2, 0.25) is 0 Å². The highest BCUT2D eigenvalue weighted by Gasteiger charge is 2.19. The summed E-state index contributed by atoms with van der Waals surface area (Å²) >= 11 is 0. The molecule has 0 aromatic rings. The first kappa shape index (κ1) is 15.7. The molecule has 4 N–H and O–H groups in total. The zero-order valence-electron chi connectivity index (χ0n) is 10.4. The van der Waals surface area contributed by atoms with Gasteiger partial charge >= 0.3 is 12.0 Å². The van der Waals surface area contributed by atoms with Gasteiger partial charge in [0.1, 0.15) is 6.04 Å². The first-order chi connectivity index (χ1) is 8.04. The van der Waals surface area contributed by atoms with E-state index in [9.17, 15) is 9.59 Å². The Balaban J connectivity index is 4.01. The van der Waals surface area contributed by atoms with E-state index in [-0.39, 0.29) is 13.0 Å². The van der Waals surface area contributed by atoms with E-state index in [1.807, 2.05) is 13.8 Å². The molecule has 17 heavy (non-hydrogen) atoms. The Morgan fingerprint density at radius 2 is 1.82 bits per heavy atom. The Morgan fingerprint density at radius 3 is 2.24 bits per heavy atom. The quantitative estimate of drug-likeness (QED) is 0.503. The standard InChI is InChI=1S/C11H22N2O4/c1-3-8(4-2)7-12-11(17)13-9(5-6-14)10(15)16/h8-9,14H,3-7H2,1-2H3,(H,15,16)(H2,12,13,17)/t9-/m0/s1. The van der Waals surface area contributed by atoms with Crippen molar-refractivity contribution in [2.75, 3.05) is 13.2 Å². The van der Waals surface area contributed by atoms with Crippen molar-refractivity contribution in [1.82, 2.24) is 10.6 Å². The molecule has 0 aliphatic rings. The minimum absolute atomic E-state index is 0.00768. The largest absolute Gasteiger partial charge is 0.480 e. The average molecular weight is 246 g/mol. The molecule has 0 rings (SSSR count). The number of aliphatic carboxylic acids is 1. The Labute approximate surface area is 101 Å². The number of urea groups is 1. The lowest BCUT2D eigenvalue weighted by atomic mass is 10.0. The van der Waals surface area contributed by atoms with Crippen LogP contribution in [0.4, 0.5) is 4.79 Å². The maximum atomic E-state index is 11.4. The van der Waals surface area contributed by atoms with Gasteiger partial charge in [0.25, 0.3) is 0 Å². The summed E-state index contributed by atoms with van der Waals surface area (Å²) in [5, 5.41) is 22.4. The molecule has 0 spiro atoms. The van der Waals surface area contributed by atoms with Gasteiger partial charge in [-0.3, -0.25) is 0 Å². The van der Waals surface area contributed by atoms with Gasteiger partial charge in [0.2, 0.25) is 0 Å². The molecule has 2 amide bonds. The topological polar surface area (TPSA) is 98.7 Å². The Morgan fingerprint density at radius 1 is 1.24 bits per heavy atom. The van der Waals surface area contributed by atoms with Crippen LogP contribution in [0.15, 0.2) is 0 Å². The van der Waals surface area contributed by atoms with E-state index in [0.717, 1.165) is 12.8 Å². The van der Waals surface area contributed by atoms with E-state index in [1.54, 1.807) is 0 Å². The second-order valence-corrected chi connectivity index (χ2v) is 3.94. The van der Waals surface area contributed by atoms with Gasteiger partial charge in [0, 0.05) is 19.6 Å². The molecule has 0 saturated heterocycles. The number of carbonyl (C=O) groups excluding carboxylic acids is 1. The Kier molecular flexibility index (Phi) is 8.13. The zero-order valence-corrected chi connectivity index (χ0v) is 10.4. The molecular weight excluding hydrogens is 224 g/mol. The summed E-state index contributed by atoms with van der Waals surface area (Å²) in [6.45, 7) is 4.34. The summed E-state index contributed by atoms with van der Waals surface area (Å²) < 4.78 is 0. The third kappa shape index (κ3) is 6.78. The van der Waals surface area contributed by atoms with Crippen LogP contribution < -0.4 is 10.6 Å². The van der Waals surface area contributed by atoms with Crippen molar-refractivity contribution in [1.29, 1.82) is 0 Å². The summed E-state index contributed by atoms with van der Waals surface area (Å²) in [4.78, 5) is 22.1. The fourth-order valence-corrected chi connectivity index (χ4v) is 1.41. The zero-order chi connectivity index (χ0) is 13.3. The van der Waals surface area contributed by atoms with E-state index < -0.39 is 18.0 Å². The van der Waals surface area contributed by atoms with Crippen LogP contribution in [0.3, 0.4) is 0 Å². The Hall–Kier alpha value is -1.30. The number of aliphatic hydroxyl groups is 1. The molecule has 0 heterocycles. The number of aliphatic hydroxyl groups excluding tert-OH is 1. The normalized spacial score (nSPS) is 12.2. The lowest BCUT2D eigenvalue weighted by Gasteiger charge is -2.16. The number of rotatable bonds is 8. The van der Waals surface area contributed by atoms with Gasteiger partial charge in [-0.25, -0.2) is 9.59 Å². The predicted octanol–water partition coefficient (Wildman–Crippen LogP) is 0.557. The fraction of sp³-hybridized carbons (Fsp3) is 0.818. The Bertz CT molecular complexity index is 242. The van der Waals surface area contributed by atoms with Gasteiger partial charge < -0.3 is 20.8 Å². The third-order valence-electron chi connectivity index (χ3n) is 2.73. The molecule has 0 unspecified atom stereocenters. The van der Waals surface area contributed by atoms with Crippen molar-refractivity contribution in [3.05, 3.63) is 0 Å². The molecule has 0 saturated carbocycles. The molecule has 0 bridgehead atoms. The molecule has 0 aliphatic carbocycles. The van der Waals surface area contributed by atoms with Crippen molar-refractivity contribution >= 4 is 12.0 Å². The third-order valence-corrected chi connectivity index (χ3v) is 2.73. The van der Waals surface area contributed by atoms with E-state index >= 15 is 0 Å². The summed E-state index contributed by atoms with van der Waals surface area (Å²) in [7, 11) is 0. The van der Waals surface area contributed by atoms with Gasteiger partial charge in [-0.15, -0.1) is 0 Å². The van der Waals surface area contributed by atoms with Crippen LogP contribution in [0.5, 0.6) is 0 Å². The highest BCUT2D eigenvalue weighted by Crippen LogP contribution is 2.04. The highest BCUT2D eigenvalue weighted by molar-refractivity contribution is 5.82. The molecule has 0 aromatic carbocycles. The number of hydrogen-bond donors (Lipinski definition) is 4. The second kappa shape index (κ2) is 8.81. The molecule has 0 aromatic heterocycles. The summed E-state index contributed by atoms with van der Waals surface area (Å²) in [6.07, 6.45) is 1.94. The van der Waals surface area contributed by atoms with Gasteiger partial charge in [0.05, 0.1) is 0 Å². The summed E-state index contributed by atoms with van der Waals surface area (Å²) in [6, 6.07) is -1.54. The summed E-state index contributed by atoms with van der Waals surface area (Å²) in [5.41, 5.74) is 0. The number of carboxylic acid groups (broad SMARTS) is 1. The van der Waals surface area contributed by atoms with Crippen LogP contribution in [-0.4, -0.2) is 41.4 Å². The minimum atomic E-state index is -1.14. The summed E-state index contributed by atoms with van der Waals surface area (Å²) in [5.74, 6) is -0.737. The van der Waals surface area contributed by atoms with E-state index in [2.05, 4.69) is 10.6 Å². The van der Waals surface area contributed by atoms with Crippen LogP contribution in [0, 0.1) is 5.92 Å². The van der Waals surface area contributed by atoms with Crippen LogP contribution in [0.25, 0.3) is 0 Å². The number of carbonyl (C=O) groups is 2. The van der Waals surface area contributed by atoms with Crippen molar-refractivity contribution in [3.8, 4) is 0 Å². The number of amides is 2. The molecule has 1 atom stereocenters. The van der Waals surface area contributed by atoms with E-state index in [0.29, 0.717) is 12.5 Å². The average Bonchev–Trinajstić information content (AvgIpc) is 2.29. The molecule has 0 radical (unpaired) electrons. The van der Waals surface area contributed by atoms with Crippen molar-refractivity contribution in [2.24, 2.45) is 5.92 Å². The maximum Gasteiger partial charge on any atom is 0.326 e. The van der Waals surface area contributed by atoms with Crippen LogP contribution in [0.1, 0.15) is 33.1 Å².